The average molecular weight is 246 g/mol. The van der Waals surface area contributed by atoms with Crippen LogP contribution in [-0.2, 0) is 9.53 Å². The Morgan fingerprint density at radius 2 is 1.89 bits per heavy atom. The summed E-state index contributed by atoms with van der Waals surface area (Å²) in [5.41, 5.74) is 1.87. The van der Waals surface area contributed by atoms with Gasteiger partial charge in [-0.2, -0.15) is 0 Å². The summed E-state index contributed by atoms with van der Waals surface area (Å²) in [4.78, 5) is 11.8. The monoisotopic (exact) mass is 246 g/mol. The Morgan fingerprint density at radius 1 is 1.28 bits per heavy atom. The van der Waals surface area contributed by atoms with Gasteiger partial charge in [-0.3, -0.25) is 4.79 Å². The topological polar surface area (TPSA) is 26.3 Å². The van der Waals surface area contributed by atoms with Crippen molar-refractivity contribution in [1.82, 2.24) is 0 Å². The molecule has 1 rings (SSSR count). The Balaban J connectivity index is 2.72. The molecule has 0 saturated heterocycles. The average Bonchev–Trinajstić information content (AvgIpc) is 2.29. The maximum Gasteiger partial charge on any atom is 0.311 e. The number of allylic oxidation sites excluding steroid dienone is 1. The molecule has 0 N–H and O–H groups in total. The molecule has 0 heterocycles. The first-order valence-corrected chi connectivity index (χ1v) is 6.35. The van der Waals surface area contributed by atoms with E-state index in [1.807, 2.05) is 45.9 Å². The second-order valence-electron chi connectivity index (χ2n) is 5.18. The molecule has 18 heavy (non-hydrogen) atoms. The maximum absolute atomic E-state index is 11.8. The van der Waals surface area contributed by atoms with Gasteiger partial charge < -0.3 is 4.74 Å². The Bertz CT molecular complexity index is 416. The highest BCUT2D eigenvalue weighted by Gasteiger charge is 2.29. The summed E-state index contributed by atoms with van der Waals surface area (Å²) in [5.74, 6) is -0.134. The molecule has 2 nitrogen and oxygen atoms in total. The van der Waals surface area contributed by atoms with Crippen LogP contribution >= 0.6 is 0 Å². The molecule has 0 aromatic heterocycles. The minimum atomic E-state index is -0.467. The van der Waals surface area contributed by atoms with Gasteiger partial charge in [0.05, 0.1) is 12.0 Å². The minimum absolute atomic E-state index is 0.134. The lowest BCUT2D eigenvalue weighted by Crippen LogP contribution is -2.26. The lowest BCUT2D eigenvalue weighted by atomic mass is 9.85. The number of ether oxygens (including phenoxy) is 1. The molecular weight excluding hydrogens is 224 g/mol. The molecule has 0 unspecified atom stereocenters. The van der Waals surface area contributed by atoms with E-state index in [-0.39, 0.29) is 5.97 Å². The van der Waals surface area contributed by atoms with Crippen molar-refractivity contribution in [1.29, 1.82) is 0 Å². The van der Waals surface area contributed by atoms with Crippen molar-refractivity contribution in [3.8, 4) is 0 Å². The highest BCUT2D eigenvalue weighted by Crippen LogP contribution is 2.27. The van der Waals surface area contributed by atoms with Crippen LogP contribution in [0.3, 0.4) is 0 Å². The van der Waals surface area contributed by atoms with Crippen molar-refractivity contribution in [2.45, 2.75) is 34.1 Å². The smallest absolute Gasteiger partial charge is 0.311 e. The molecule has 1 aromatic rings. The van der Waals surface area contributed by atoms with Crippen LogP contribution in [0, 0.1) is 5.41 Å². The third kappa shape index (κ3) is 4.36. The molecular formula is C16H22O2. The molecule has 0 aliphatic carbocycles. The number of carbonyl (C=O) groups excluding carboxylic acids is 1. The summed E-state index contributed by atoms with van der Waals surface area (Å²) in [5, 5.41) is 0. The molecule has 0 atom stereocenters. The first-order valence-electron chi connectivity index (χ1n) is 6.35. The maximum atomic E-state index is 11.8. The number of carbonyl (C=O) groups is 1. The summed E-state index contributed by atoms with van der Waals surface area (Å²) >= 11 is 0. The van der Waals surface area contributed by atoms with Crippen LogP contribution in [0.4, 0.5) is 0 Å². The first-order chi connectivity index (χ1) is 8.45. The quantitative estimate of drug-likeness (QED) is 0.732. The van der Waals surface area contributed by atoms with Gasteiger partial charge in [-0.1, -0.05) is 42.0 Å². The van der Waals surface area contributed by atoms with E-state index in [9.17, 15) is 4.79 Å². The predicted octanol–water partition coefficient (Wildman–Crippen LogP) is 4.07. The van der Waals surface area contributed by atoms with Crippen LogP contribution in [0.2, 0.25) is 0 Å². The highest BCUT2D eigenvalue weighted by atomic mass is 16.5. The zero-order valence-electron chi connectivity index (χ0n) is 11.7. The summed E-state index contributed by atoms with van der Waals surface area (Å²) in [6, 6.07) is 10.1. The predicted molar refractivity (Wildman–Crippen MR) is 75.1 cm³/mol. The van der Waals surface area contributed by atoms with E-state index in [1.165, 1.54) is 5.57 Å². The van der Waals surface area contributed by atoms with Gasteiger partial charge in [-0.05, 0) is 39.7 Å². The van der Waals surface area contributed by atoms with Gasteiger partial charge in [-0.25, -0.2) is 0 Å². The van der Waals surface area contributed by atoms with Crippen LogP contribution < -0.4 is 0 Å². The molecule has 0 saturated carbocycles. The zero-order chi connectivity index (χ0) is 13.6. The molecule has 98 valence electrons. The van der Waals surface area contributed by atoms with Gasteiger partial charge in [-0.15, -0.1) is 0 Å². The van der Waals surface area contributed by atoms with Crippen molar-refractivity contribution in [2.24, 2.45) is 5.41 Å². The molecule has 2 heteroatoms. The standard InChI is InChI=1S/C16H22O2/c1-5-18-15(17)16(3,4)12-13(2)11-14-9-7-6-8-10-14/h6-11H,5,12H2,1-4H3/b13-11+. The molecule has 1 aromatic carbocycles. The number of benzene rings is 1. The summed E-state index contributed by atoms with van der Waals surface area (Å²) in [6.07, 6.45) is 2.82. The SMILES string of the molecule is CCOC(=O)C(C)(C)C/C(C)=C/c1ccccc1. The number of esters is 1. The van der Waals surface area contributed by atoms with Gasteiger partial charge in [0.1, 0.15) is 0 Å². The Labute approximate surface area is 110 Å². The number of hydrogen-bond donors (Lipinski definition) is 0. The second-order valence-corrected chi connectivity index (χ2v) is 5.18. The van der Waals surface area contributed by atoms with Gasteiger partial charge in [0.15, 0.2) is 0 Å². The van der Waals surface area contributed by atoms with Crippen LogP contribution in [0.1, 0.15) is 39.7 Å². The van der Waals surface area contributed by atoms with E-state index in [2.05, 4.69) is 18.2 Å². The number of hydrogen-bond acceptors (Lipinski definition) is 2. The Hall–Kier alpha value is -1.57. The lowest BCUT2D eigenvalue weighted by Gasteiger charge is -2.22. The van der Waals surface area contributed by atoms with E-state index in [0.29, 0.717) is 13.0 Å². The van der Waals surface area contributed by atoms with E-state index >= 15 is 0 Å². The largest absolute Gasteiger partial charge is 0.466 e. The van der Waals surface area contributed by atoms with E-state index in [0.717, 1.165) is 5.56 Å². The molecule has 0 fully saturated rings. The van der Waals surface area contributed by atoms with Crippen molar-refractivity contribution >= 4 is 12.0 Å². The van der Waals surface area contributed by atoms with Crippen molar-refractivity contribution < 1.29 is 9.53 Å². The first kappa shape index (κ1) is 14.5. The molecule has 0 aliphatic heterocycles. The lowest BCUT2D eigenvalue weighted by molar-refractivity contribution is -0.153. The van der Waals surface area contributed by atoms with E-state index in [4.69, 9.17) is 4.74 Å². The van der Waals surface area contributed by atoms with Crippen LogP contribution in [0.15, 0.2) is 35.9 Å². The van der Waals surface area contributed by atoms with E-state index in [1.54, 1.807) is 0 Å². The van der Waals surface area contributed by atoms with Crippen molar-refractivity contribution in [2.75, 3.05) is 6.61 Å². The molecule has 0 amide bonds. The van der Waals surface area contributed by atoms with Crippen LogP contribution in [-0.4, -0.2) is 12.6 Å². The Morgan fingerprint density at radius 3 is 2.44 bits per heavy atom. The third-order valence-corrected chi connectivity index (χ3v) is 2.76. The Kier molecular flexibility index (Phi) is 5.14. The minimum Gasteiger partial charge on any atom is -0.466 e. The van der Waals surface area contributed by atoms with Gasteiger partial charge in [0.25, 0.3) is 0 Å². The fourth-order valence-electron chi connectivity index (χ4n) is 1.98. The highest BCUT2D eigenvalue weighted by molar-refractivity contribution is 5.76. The normalized spacial score (nSPS) is 12.3. The van der Waals surface area contributed by atoms with Gasteiger partial charge in [0, 0.05) is 0 Å². The zero-order valence-corrected chi connectivity index (χ0v) is 11.7. The fraction of sp³-hybridized carbons (Fsp3) is 0.438. The van der Waals surface area contributed by atoms with Gasteiger partial charge >= 0.3 is 5.97 Å². The molecule has 0 spiro atoms. The summed E-state index contributed by atoms with van der Waals surface area (Å²) in [7, 11) is 0. The second kappa shape index (κ2) is 6.39. The summed E-state index contributed by atoms with van der Waals surface area (Å²) in [6.45, 7) is 8.17. The molecule has 0 aliphatic rings. The molecule has 0 bridgehead atoms. The van der Waals surface area contributed by atoms with Crippen LogP contribution in [0.25, 0.3) is 6.08 Å². The van der Waals surface area contributed by atoms with Gasteiger partial charge in [0.2, 0.25) is 0 Å². The van der Waals surface area contributed by atoms with E-state index < -0.39 is 5.41 Å². The molecule has 0 radical (unpaired) electrons. The fourth-order valence-corrected chi connectivity index (χ4v) is 1.98. The summed E-state index contributed by atoms with van der Waals surface area (Å²) < 4.78 is 5.09. The van der Waals surface area contributed by atoms with Crippen LogP contribution in [0.5, 0.6) is 0 Å². The van der Waals surface area contributed by atoms with Crippen molar-refractivity contribution in [3.05, 3.63) is 41.5 Å². The third-order valence-electron chi connectivity index (χ3n) is 2.76. The number of rotatable bonds is 5. The van der Waals surface area contributed by atoms with Crippen molar-refractivity contribution in [3.63, 3.8) is 0 Å².